The summed E-state index contributed by atoms with van der Waals surface area (Å²) in [4.78, 5) is 17.6. The van der Waals surface area contributed by atoms with Crippen molar-refractivity contribution >= 4 is 18.3 Å². The van der Waals surface area contributed by atoms with E-state index in [0.29, 0.717) is 12.5 Å². The molecule has 4 rings (SSSR count). The molecule has 3 nitrogen and oxygen atoms in total. The van der Waals surface area contributed by atoms with Crippen molar-refractivity contribution in [2.75, 3.05) is 26.2 Å². The highest BCUT2D eigenvalue weighted by molar-refractivity contribution is 5.85. The van der Waals surface area contributed by atoms with E-state index in [4.69, 9.17) is 0 Å². The zero-order valence-electron chi connectivity index (χ0n) is 16.9. The van der Waals surface area contributed by atoms with Gasteiger partial charge in [-0.25, -0.2) is 4.39 Å². The number of halogens is 2. The number of hydrogen-bond acceptors (Lipinski definition) is 2. The third-order valence-electron chi connectivity index (χ3n) is 6.48. The lowest BCUT2D eigenvalue weighted by molar-refractivity contribution is -0.138. The Morgan fingerprint density at radius 1 is 0.862 bits per heavy atom. The Morgan fingerprint density at radius 2 is 1.52 bits per heavy atom. The summed E-state index contributed by atoms with van der Waals surface area (Å²) in [6, 6.07) is 17.2. The Labute approximate surface area is 179 Å². The highest BCUT2D eigenvalue weighted by Gasteiger charge is 2.47. The van der Waals surface area contributed by atoms with Crippen molar-refractivity contribution < 1.29 is 9.18 Å². The minimum absolute atomic E-state index is 0. The molecule has 2 fully saturated rings. The van der Waals surface area contributed by atoms with Gasteiger partial charge in [-0.3, -0.25) is 4.79 Å². The largest absolute Gasteiger partial charge is 0.338 e. The molecule has 0 aromatic heterocycles. The van der Waals surface area contributed by atoms with Gasteiger partial charge in [-0.2, -0.15) is 0 Å². The Balaban J connectivity index is 0.00000240. The van der Waals surface area contributed by atoms with Gasteiger partial charge in [0.15, 0.2) is 0 Å². The van der Waals surface area contributed by atoms with Crippen molar-refractivity contribution in [3.05, 3.63) is 71.5 Å². The Bertz CT molecular complexity index is 788. The monoisotopic (exact) mass is 416 g/mol. The number of aryl methyl sites for hydroxylation is 1. The van der Waals surface area contributed by atoms with Gasteiger partial charge in [0.25, 0.3) is 0 Å². The third-order valence-corrected chi connectivity index (χ3v) is 6.48. The molecule has 0 atom stereocenters. The van der Waals surface area contributed by atoms with Crippen LogP contribution in [0.2, 0.25) is 0 Å². The maximum Gasteiger partial charge on any atom is 0.229 e. The van der Waals surface area contributed by atoms with Gasteiger partial charge < -0.3 is 9.80 Å². The van der Waals surface area contributed by atoms with E-state index in [1.807, 2.05) is 4.90 Å². The van der Waals surface area contributed by atoms with E-state index in [0.717, 1.165) is 57.4 Å². The summed E-state index contributed by atoms with van der Waals surface area (Å²) in [6.07, 6.45) is 5.19. The highest BCUT2D eigenvalue weighted by Crippen LogP contribution is 2.42. The lowest BCUT2D eigenvalue weighted by Gasteiger charge is -2.38. The lowest BCUT2D eigenvalue weighted by atomic mass is 9.77. The number of rotatable bonds is 6. The summed E-state index contributed by atoms with van der Waals surface area (Å²) >= 11 is 0. The number of carbonyl (C=O) groups is 1. The van der Waals surface area contributed by atoms with Gasteiger partial charge in [0.1, 0.15) is 5.82 Å². The molecule has 5 heteroatoms. The smallest absolute Gasteiger partial charge is 0.229 e. The van der Waals surface area contributed by atoms with Crippen LogP contribution >= 0.6 is 12.4 Å². The fourth-order valence-electron chi connectivity index (χ4n) is 4.67. The van der Waals surface area contributed by atoms with E-state index in [9.17, 15) is 9.18 Å². The normalized spacial score (nSPS) is 18.8. The zero-order valence-corrected chi connectivity index (χ0v) is 17.7. The van der Waals surface area contributed by atoms with Crippen molar-refractivity contribution in [1.29, 1.82) is 0 Å². The second kappa shape index (κ2) is 9.73. The Morgan fingerprint density at radius 3 is 2.21 bits per heavy atom. The molecule has 2 saturated heterocycles. The van der Waals surface area contributed by atoms with E-state index in [2.05, 4.69) is 35.2 Å². The summed E-state index contributed by atoms with van der Waals surface area (Å²) in [6.45, 7) is 4.57. The maximum absolute atomic E-state index is 13.1. The average molecular weight is 417 g/mol. The van der Waals surface area contributed by atoms with Gasteiger partial charge in [0.2, 0.25) is 5.91 Å². The average Bonchev–Trinajstić information content (AvgIpc) is 3.02. The number of nitrogens with zero attached hydrogens (tertiary/aromatic N) is 2. The fourth-order valence-corrected chi connectivity index (χ4v) is 4.67. The van der Waals surface area contributed by atoms with E-state index in [1.54, 1.807) is 12.1 Å². The van der Waals surface area contributed by atoms with Crippen LogP contribution in [0.15, 0.2) is 54.6 Å². The minimum Gasteiger partial charge on any atom is -0.338 e. The maximum atomic E-state index is 13.1. The zero-order chi connectivity index (χ0) is 19.4. The molecule has 1 amide bonds. The van der Waals surface area contributed by atoms with Gasteiger partial charge in [0, 0.05) is 13.1 Å². The molecule has 2 aromatic rings. The first-order valence-electron chi connectivity index (χ1n) is 10.4. The van der Waals surface area contributed by atoms with E-state index in [1.165, 1.54) is 24.1 Å². The predicted molar refractivity (Wildman–Crippen MR) is 117 cm³/mol. The van der Waals surface area contributed by atoms with E-state index < -0.39 is 0 Å². The summed E-state index contributed by atoms with van der Waals surface area (Å²) in [5.41, 5.74) is 2.25. The Hall–Kier alpha value is -1.91. The summed E-state index contributed by atoms with van der Waals surface area (Å²) in [7, 11) is 0. The summed E-state index contributed by atoms with van der Waals surface area (Å²) in [5.74, 6) is 0.0772. The molecule has 1 spiro atoms. The molecule has 0 aliphatic carbocycles. The van der Waals surface area contributed by atoms with Crippen molar-refractivity contribution in [2.45, 2.75) is 38.6 Å². The molecule has 2 heterocycles. The van der Waals surface area contributed by atoms with E-state index >= 15 is 0 Å². The van der Waals surface area contributed by atoms with Gasteiger partial charge in [0.05, 0.1) is 5.41 Å². The molecule has 2 aliphatic rings. The Kier molecular flexibility index (Phi) is 7.31. The second-order valence-corrected chi connectivity index (χ2v) is 8.31. The number of likely N-dealkylation sites (tertiary alicyclic amines) is 2. The number of benzene rings is 2. The molecule has 2 aliphatic heterocycles. The molecular weight excluding hydrogens is 387 g/mol. The number of hydrogen-bond donors (Lipinski definition) is 0. The predicted octanol–water partition coefficient (Wildman–Crippen LogP) is 4.69. The van der Waals surface area contributed by atoms with Crippen LogP contribution in [0.1, 0.15) is 36.8 Å². The molecule has 156 valence electrons. The molecule has 0 N–H and O–H groups in total. The first kappa shape index (κ1) is 21.8. The first-order chi connectivity index (χ1) is 13.6. The third kappa shape index (κ3) is 5.18. The number of carbonyl (C=O) groups excluding carboxylic acids is 1. The topological polar surface area (TPSA) is 23.6 Å². The van der Waals surface area contributed by atoms with Crippen LogP contribution in [0.5, 0.6) is 0 Å². The quantitative estimate of drug-likeness (QED) is 0.681. The van der Waals surface area contributed by atoms with Crippen LogP contribution in [0, 0.1) is 11.2 Å². The molecule has 0 bridgehead atoms. The lowest BCUT2D eigenvalue weighted by Crippen LogP contribution is -2.44. The van der Waals surface area contributed by atoms with Crippen molar-refractivity contribution in [1.82, 2.24) is 9.80 Å². The standard InChI is InChI=1S/C24H29FN2O.ClH/c25-22-10-8-21(9-11-22)19-27-18-14-24(23(27)28)12-16-26(17-13-24)15-4-7-20-5-2-1-3-6-20;/h1-3,5-6,8-11H,4,7,12-19H2;1H. The van der Waals surface area contributed by atoms with Gasteiger partial charge in [-0.1, -0.05) is 42.5 Å². The molecule has 0 saturated carbocycles. The van der Waals surface area contributed by atoms with Gasteiger partial charge in [-0.05, 0) is 75.0 Å². The molecule has 0 radical (unpaired) electrons. The molecular formula is C24H30ClFN2O. The number of piperidine rings is 1. The molecule has 29 heavy (non-hydrogen) atoms. The molecule has 2 aromatic carbocycles. The van der Waals surface area contributed by atoms with Crippen molar-refractivity contribution in [3.8, 4) is 0 Å². The van der Waals surface area contributed by atoms with Crippen LogP contribution in [0.25, 0.3) is 0 Å². The van der Waals surface area contributed by atoms with Gasteiger partial charge in [-0.15, -0.1) is 12.4 Å². The van der Waals surface area contributed by atoms with Crippen LogP contribution < -0.4 is 0 Å². The van der Waals surface area contributed by atoms with Crippen LogP contribution in [0.4, 0.5) is 4.39 Å². The SMILES string of the molecule is Cl.O=C1N(Cc2ccc(F)cc2)CCC12CCN(CCCc1ccccc1)CC2. The van der Waals surface area contributed by atoms with Crippen molar-refractivity contribution in [2.24, 2.45) is 5.41 Å². The molecule has 0 unspecified atom stereocenters. The summed E-state index contributed by atoms with van der Waals surface area (Å²) < 4.78 is 13.1. The minimum atomic E-state index is -0.229. The summed E-state index contributed by atoms with van der Waals surface area (Å²) in [5, 5.41) is 0. The van der Waals surface area contributed by atoms with Crippen molar-refractivity contribution in [3.63, 3.8) is 0 Å². The first-order valence-corrected chi connectivity index (χ1v) is 10.4. The fraction of sp³-hybridized carbons (Fsp3) is 0.458. The highest BCUT2D eigenvalue weighted by atomic mass is 35.5. The number of amides is 1. The van der Waals surface area contributed by atoms with Crippen LogP contribution in [-0.4, -0.2) is 41.9 Å². The van der Waals surface area contributed by atoms with Crippen LogP contribution in [0.3, 0.4) is 0 Å². The second-order valence-electron chi connectivity index (χ2n) is 8.31. The van der Waals surface area contributed by atoms with E-state index in [-0.39, 0.29) is 23.6 Å². The van der Waals surface area contributed by atoms with Gasteiger partial charge >= 0.3 is 0 Å². The van der Waals surface area contributed by atoms with Crippen LogP contribution in [-0.2, 0) is 17.8 Å².